The molecule has 1 rings (SSSR count). The standard InChI is InChI=1S/C11H15N3O7/c1-5(15)12-7-4-8(16)14(10(7)19)13-6(11(20)21)2-3-9(17)18/h6-7,13H,2-4H2,1H3,(H,12,15)(H,17,18)(H,20,21)/t6-,7?/m0/s1. The summed E-state index contributed by atoms with van der Waals surface area (Å²) in [7, 11) is 0. The van der Waals surface area contributed by atoms with E-state index in [9.17, 15) is 24.0 Å². The van der Waals surface area contributed by atoms with E-state index in [0.717, 1.165) is 0 Å². The van der Waals surface area contributed by atoms with Gasteiger partial charge in [0.1, 0.15) is 12.1 Å². The molecule has 1 aliphatic heterocycles. The highest BCUT2D eigenvalue weighted by Gasteiger charge is 2.41. The lowest BCUT2D eigenvalue weighted by Crippen LogP contribution is -2.53. The third-order valence-electron chi connectivity index (χ3n) is 2.75. The summed E-state index contributed by atoms with van der Waals surface area (Å²) < 4.78 is 0. The van der Waals surface area contributed by atoms with Crippen molar-refractivity contribution < 1.29 is 34.2 Å². The van der Waals surface area contributed by atoms with E-state index >= 15 is 0 Å². The van der Waals surface area contributed by atoms with Crippen LogP contribution >= 0.6 is 0 Å². The first-order chi connectivity index (χ1) is 9.72. The van der Waals surface area contributed by atoms with Crippen molar-refractivity contribution in [2.75, 3.05) is 0 Å². The first-order valence-corrected chi connectivity index (χ1v) is 6.07. The second kappa shape index (κ2) is 6.79. The molecule has 2 atom stereocenters. The lowest BCUT2D eigenvalue weighted by Gasteiger charge is -2.21. The Morgan fingerprint density at radius 2 is 1.95 bits per heavy atom. The molecule has 0 saturated carbocycles. The number of nitrogens with zero attached hydrogens (tertiary/aromatic N) is 1. The number of hydrogen-bond donors (Lipinski definition) is 4. The molecule has 10 heteroatoms. The zero-order chi connectivity index (χ0) is 16.2. The molecular weight excluding hydrogens is 286 g/mol. The summed E-state index contributed by atoms with van der Waals surface area (Å²) in [4.78, 5) is 55.9. The Bertz CT molecular complexity index is 490. The second-order valence-corrected chi connectivity index (χ2v) is 4.48. The van der Waals surface area contributed by atoms with Crippen LogP contribution in [0.5, 0.6) is 0 Å². The largest absolute Gasteiger partial charge is 0.481 e. The van der Waals surface area contributed by atoms with Crippen LogP contribution in [0, 0.1) is 0 Å². The number of amides is 3. The van der Waals surface area contributed by atoms with Crippen molar-refractivity contribution in [1.29, 1.82) is 0 Å². The number of rotatable bonds is 7. The number of aliphatic carboxylic acids is 2. The minimum atomic E-state index is -1.40. The summed E-state index contributed by atoms with van der Waals surface area (Å²) in [6.45, 7) is 1.18. The molecule has 10 nitrogen and oxygen atoms in total. The van der Waals surface area contributed by atoms with Crippen LogP contribution in [0.25, 0.3) is 0 Å². The third kappa shape index (κ3) is 4.53. The van der Waals surface area contributed by atoms with Crippen molar-refractivity contribution in [3.05, 3.63) is 0 Å². The van der Waals surface area contributed by atoms with Gasteiger partial charge in [0, 0.05) is 13.3 Å². The Balaban J connectivity index is 2.72. The van der Waals surface area contributed by atoms with Crippen molar-refractivity contribution in [2.45, 2.75) is 38.3 Å². The van der Waals surface area contributed by atoms with Gasteiger partial charge in [-0.1, -0.05) is 0 Å². The first kappa shape index (κ1) is 16.6. The average molecular weight is 301 g/mol. The van der Waals surface area contributed by atoms with Gasteiger partial charge in [-0.05, 0) is 6.42 Å². The lowest BCUT2D eigenvalue weighted by molar-refractivity contribution is -0.148. The Hall–Kier alpha value is -2.49. The molecule has 0 aromatic carbocycles. The van der Waals surface area contributed by atoms with Gasteiger partial charge in [0.05, 0.1) is 6.42 Å². The van der Waals surface area contributed by atoms with Gasteiger partial charge in [-0.3, -0.25) is 24.0 Å². The highest BCUT2D eigenvalue weighted by atomic mass is 16.4. The fraction of sp³-hybridized carbons (Fsp3) is 0.545. The smallest absolute Gasteiger partial charge is 0.322 e. The van der Waals surface area contributed by atoms with E-state index in [2.05, 4.69) is 10.7 Å². The molecule has 1 saturated heterocycles. The molecule has 0 aromatic rings. The van der Waals surface area contributed by atoms with Gasteiger partial charge in [0.15, 0.2) is 0 Å². The molecule has 1 fully saturated rings. The highest BCUT2D eigenvalue weighted by Crippen LogP contribution is 2.12. The molecule has 3 amide bonds. The zero-order valence-corrected chi connectivity index (χ0v) is 11.2. The number of carboxylic acids is 2. The minimum Gasteiger partial charge on any atom is -0.481 e. The summed E-state index contributed by atoms with van der Waals surface area (Å²) in [6, 6.07) is -2.44. The quantitative estimate of drug-likeness (QED) is 0.397. The van der Waals surface area contributed by atoms with E-state index < -0.39 is 48.2 Å². The summed E-state index contributed by atoms with van der Waals surface area (Å²) in [5.74, 6) is -4.56. The molecule has 0 aromatic heterocycles. The number of nitrogens with one attached hydrogen (secondary N) is 2. The van der Waals surface area contributed by atoms with Crippen LogP contribution in [0.1, 0.15) is 26.2 Å². The van der Waals surface area contributed by atoms with Crippen LogP contribution in [0.4, 0.5) is 0 Å². The van der Waals surface area contributed by atoms with Crippen molar-refractivity contribution in [3.8, 4) is 0 Å². The van der Waals surface area contributed by atoms with Crippen molar-refractivity contribution in [2.24, 2.45) is 0 Å². The number of carbonyl (C=O) groups is 5. The molecule has 0 aliphatic carbocycles. The Kier molecular flexibility index (Phi) is 5.36. The molecule has 116 valence electrons. The SMILES string of the molecule is CC(=O)NC1CC(=O)N(N[C@@H](CCC(=O)O)C(=O)O)C1=O. The lowest BCUT2D eigenvalue weighted by atomic mass is 10.2. The number of imide groups is 1. The molecule has 0 bridgehead atoms. The summed E-state index contributed by atoms with van der Waals surface area (Å²) in [5.41, 5.74) is 2.19. The van der Waals surface area contributed by atoms with Gasteiger partial charge in [0.25, 0.3) is 5.91 Å². The molecule has 4 N–H and O–H groups in total. The fourth-order valence-electron chi connectivity index (χ4n) is 1.79. The monoisotopic (exact) mass is 301 g/mol. The van der Waals surface area contributed by atoms with Crippen LogP contribution in [-0.2, 0) is 24.0 Å². The summed E-state index contributed by atoms with van der Waals surface area (Å²) in [6.07, 6.45) is -1.02. The predicted octanol–water partition coefficient (Wildman–Crippen LogP) is -1.93. The maximum Gasteiger partial charge on any atom is 0.322 e. The average Bonchev–Trinajstić information content (AvgIpc) is 2.59. The normalized spacial score (nSPS) is 19.5. The third-order valence-corrected chi connectivity index (χ3v) is 2.75. The van der Waals surface area contributed by atoms with Crippen LogP contribution in [0.2, 0.25) is 0 Å². The highest BCUT2D eigenvalue weighted by molar-refractivity contribution is 6.06. The van der Waals surface area contributed by atoms with Crippen molar-refractivity contribution in [1.82, 2.24) is 15.8 Å². The van der Waals surface area contributed by atoms with Gasteiger partial charge in [-0.15, -0.1) is 0 Å². The van der Waals surface area contributed by atoms with Crippen LogP contribution in [-0.4, -0.2) is 57.0 Å². The van der Waals surface area contributed by atoms with Gasteiger partial charge >= 0.3 is 11.9 Å². The van der Waals surface area contributed by atoms with Gasteiger partial charge < -0.3 is 15.5 Å². The van der Waals surface area contributed by atoms with E-state index in [0.29, 0.717) is 5.01 Å². The van der Waals surface area contributed by atoms with Gasteiger partial charge in [-0.2, -0.15) is 0 Å². The summed E-state index contributed by atoms with van der Waals surface area (Å²) in [5, 5.41) is 20.3. The maximum atomic E-state index is 11.9. The molecule has 1 unspecified atom stereocenters. The zero-order valence-electron chi connectivity index (χ0n) is 11.2. The van der Waals surface area contributed by atoms with Crippen LogP contribution in [0.3, 0.4) is 0 Å². The first-order valence-electron chi connectivity index (χ1n) is 6.07. The van der Waals surface area contributed by atoms with E-state index in [1.807, 2.05) is 0 Å². The van der Waals surface area contributed by atoms with E-state index in [1.165, 1.54) is 6.92 Å². The molecule has 1 heterocycles. The number of carboxylic acid groups (broad SMARTS) is 2. The van der Waals surface area contributed by atoms with E-state index in [1.54, 1.807) is 0 Å². The van der Waals surface area contributed by atoms with Gasteiger partial charge in [0.2, 0.25) is 11.8 Å². The molecular formula is C11H15N3O7. The van der Waals surface area contributed by atoms with E-state index in [4.69, 9.17) is 10.2 Å². The van der Waals surface area contributed by atoms with Crippen LogP contribution < -0.4 is 10.7 Å². The fourth-order valence-corrected chi connectivity index (χ4v) is 1.79. The second-order valence-electron chi connectivity index (χ2n) is 4.48. The van der Waals surface area contributed by atoms with E-state index in [-0.39, 0.29) is 12.8 Å². The van der Waals surface area contributed by atoms with Crippen molar-refractivity contribution in [3.63, 3.8) is 0 Å². The molecule has 0 spiro atoms. The molecule has 0 radical (unpaired) electrons. The van der Waals surface area contributed by atoms with Crippen molar-refractivity contribution >= 4 is 29.7 Å². The van der Waals surface area contributed by atoms with Crippen LogP contribution in [0.15, 0.2) is 0 Å². The topological polar surface area (TPSA) is 153 Å². The maximum absolute atomic E-state index is 11.9. The number of carbonyl (C=O) groups excluding carboxylic acids is 3. The molecule has 21 heavy (non-hydrogen) atoms. The number of hydrazine groups is 1. The predicted molar refractivity (Wildman–Crippen MR) is 65.5 cm³/mol. The Morgan fingerprint density at radius 3 is 2.43 bits per heavy atom. The molecule has 1 aliphatic rings. The number of hydrogen-bond acceptors (Lipinski definition) is 6. The Morgan fingerprint density at radius 1 is 1.33 bits per heavy atom. The Labute approximate surface area is 119 Å². The minimum absolute atomic E-state index is 0.281. The summed E-state index contributed by atoms with van der Waals surface area (Å²) >= 11 is 0. The van der Waals surface area contributed by atoms with Gasteiger partial charge in [-0.25, -0.2) is 10.4 Å².